The summed E-state index contributed by atoms with van der Waals surface area (Å²) in [6, 6.07) is 3.34. The summed E-state index contributed by atoms with van der Waals surface area (Å²) in [6.45, 7) is 5.41. The molecule has 0 aromatic carbocycles. The summed E-state index contributed by atoms with van der Waals surface area (Å²) in [5.74, 6) is -2.35. The molecule has 24 heavy (non-hydrogen) atoms. The normalized spacial score (nSPS) is 22.8. The van der Waals surface area contributed by atoms with E-state index in [1.54, 1.807) is 32.9 Å². The van der Waals surface area contributed by atoms with E-state index in [-0.39, 0.29) is 13.2 Å². The Labute approximate surface area is 139 Å². The molecule has 0 fully saturated rings. The van der Waals surface area contributed by atoms with Crippen LogP contribution in [-0.4, -0.2) is 30.9 Å². The molecule has 7 nitrogen and oxygen atoms in total. The van der Waals surface area contributed by atoms with Crippen molar-refractivity contribution in [2.24, 2.45) is 10.9 Å². The maximum atomic E-state index is 12.5. The van der Waals surface area contributed by atoms with Gasteiger partial charge in [0.05, 0.1) is 17.9 Å². The summed E-state index contributed by atoms with van der Waals surface area (Å²) in [5.41, 5.74) is 2.44. The van der Waals surface area contributed by atoms with Crippen LogP contribution in [0.4, 0.5) is 0 Å². The van der Waals surface area contributed by atoms with Crippen molar-refractivity contribution in [3.05, 3.63) is 46.1 Å². The van der Waals surface area contributed by atoms with Gasteiger partial charge in [0.1, 0.15) is 12.5 Å². The summed E-state index contributed by atoms with van der Waals surface area (Å²) in [6.07, 6.45) is 1.38. The summed E-state index contributed by atoms with van der Waals surface area (Å²) in [4.78, 5) is 29.1. The molecule has 126 valence electrons. The minimum Gasteiger partial charge on any atom is -0.619 e. The monoisotopic (exact) mass is 330 g/mol. The fourth-order valence-corrected chi connectivity index (χ4v) is 3.28. The van der Waals surface area contributed by atoms with Gasteiger partial charge in [-0.25, -0.2) is 4.79 Å². The van der Waals surface area contributed by atoms with Gasteiger partial charge >= 0.3 is 11.9 Å². The lowest BCUT2D eigenvalue weighted by atomic mass is 9.75. The molecule has 0 N–H and O–H groups in total. The van der Waals surface area contributed by atoms with Crippen molar-refractivity contribution in [2.45, 2.75) is 26.7 Å². The zero-order valence-electron chi connectivity index (χ0n) is 13.7. The molecule has 2 unspecified atom stereocenters. The predicted octanol–water partition coefficient (Wildman–Crippen LogP) is 1.18. The lowest BCUT2D eigenvalue weighted by molar-refractivity contribution is -0.612. The number of hydrogen-bond acceptors (Lipinski definition) is 6. The van der Waals surface area contributed by atoms with Gasteiger partial charge < -0.3 is 14.7 Å². The Morgan fingerprint density at radius 3 is 2.96 bits per heavy atom. The SMILES string of the molecule is CCOC(=O)C1C(C)=NC2=C(C(=O)OC2)C1c1ccc[n+]([O-])c1C. The van der Waals surface area contributed by atoms with E-state index < -0.39 is 23.8 Å². The molecule has 0 saturated carbocycles. The molecule has 0 amide bonds. The van der Waals surface area contributed by atoms with Crippen LogP contribution in [0.2, 0.25) is 0 Å². The van der Waals surface area contributed by atoms with E-state index in [2.05, 4.69) is 4.99 Å². The molecule has 3 rings (SSSR count). The van der Waals surface area contributed by atoms with Crippen molar-refractivity contribution >= 4 is 17.7 Å². The van der Waals surface area contributed by atoms with Crippen LogP contribution in [0.25, 0.3) is 0 Å². The molecule has 7 heteroatoms. The van der Waals surface area contributed by atoms with Crippen LogP contribution < -0.4 is 4.73 Å². The van der Waals surface area contributed by atoms with Crippen molar-refractivity contribution in [1.29, 1.82) is 0 Å². The summed E-state index contributed by atoms with van der Waals surface area (Å²) in [5, 5.41) is 12.0. The lowest BCUT2D eigenvalue weighted by Crippen LogP contribution is -2.38. The van der Waals surface area contributed by atoms with Crippen molar-refractivity contribution in [1.82, 2.24) is 0 Å². The van der Waals surface area contributed by atoms with Gasteiger partial charge in [0, 0.05) is 30.2 Å². The van der Waals surface area contributed by atoms with Gasteiger partial charge in [0.25, 0.3) is 0 Å². The number of nitrogens with zero attached hydrogens (tertiary/aromatic N) is 2. The number of cyclic esters (lactones) is 1. The van der Waals surface area contributed by atoms with Gasteiger partial charge in [-0.1, -0.05) is 0 Å². The van der Waals surface area contributed by atoms with Gasteiger partial charge in [0.15, 0.2) is 11.9 Å². The third-order valence-electron chi connectivity index (χ3n) is 4.40. The first-order valence-corrected chi connectivity index (χ1v) is 7.76. The topological polar surface area (TPSA) is 91.9 Å². The van der Waals surface area contributed by atoms with Crippen LogP contribution in [0, 0.1) is 18.0 Å². The average Bonchev–Trinajstić information content (AvgIpc) is 2.90. The Morgan fingerprint density at radius 1 is 1.50 bits per heavy atom. The summed E-state index contributed by atoms with van der Waals surface area (Å²) >= 11 is 0. The number of rotatable bonds is 3. The van der Waals surface area contributed by atoms with Gasteiger partial charge in [-0.05, 0) is 19.9 Å². The Morgan fingerprint density at radius 2 is 2.25 bits per heavy atom. The third kappa shape index (κ3) is 2.46. The van der Waals surface area contributed by atoms with E-state index in [1.165, 1.54) is 6.20 Å². The number of carbonyl (C=O) groups excluding carboxylic acids is 2. The minimum atomic E-state index is -0.754. The molecule has 3 heterocycles. The second-order valence-electron chi connectivity index (χ2n) is 5.77. The van der Waals surface area contributed by atoms with Crippen molar-refractivity contribution < 1.29 is 23.8 Å². The predicted molar refractivity (Wildman–Crippen MR) is 84.1 cm³/mol. The first-order chi connectivity index (χ1) is 11.5. The lowest BCUT2D eigenvalue weighted by Gasteiger charge is -2.29. The first-order valence-electron chi connectivity index (χ1n) is 7.76. The molecule has 0 bridgehead atoms. The molecule has 1 aromatic rings. The molecule has 0 aliphatic carbocycles. The molecule has 0 saturated heterocycles. The van der Waals surface area contributed by atoms with Crippen molar-refractivity contribution in [3.8, 4) is 0 Å². The molecule has 0 radical (unpaired) electrons. The number of esters is 2. The Hall–Kier alpha value is -2.70. The largest absolute Gasteiger partial charge is 0.619 e. The molecule has 0 spiro atoms. The number of carbonyl (C=O) groups is 2. The second-order valence-corrected chi connectivity index (χ2v) is 5.77. The molecular weight excluding hydrogens is 312 g/mol. The highest BCUT2D eigenvalue weighted by Gasteiger charge is 2.46. The summed E-state index contributed by atoms with van der Waals surface area (Å²) in [7, 11) is 0. The molecule has 2 aliphatic heterocycles. The van der Waals surface area contributed by atoms with Gasteiger partial charge in [-0.2, -0.15) is 4.73 Å². The van der Waals surface area contributed by atoms with E-state index >= 15 is 0 Å². The van der Waals surface area contributed by atoms with Crippen LogP contribution in [0.5, 0.6) is 0 Å². The number of ether oxygens (including phenoxy) is 2. The van der Waals surface area contributed by atoms with Gasteiger partial charge in [-0.15, -0.1) is 0 Å². The van der Waals surface area contributed by atoms with E-state index in [9.17, 15) is 14.8 Å². The Balaban J connectivity index is 2.19. The fourth-order valence-electron chi connectivity index (χ4n) is 3.28. The highest BCUT2D eigenvalue weighted by molar-refractivity contribution is 6.07. The zero-order valence-corrected chi connectivity index (χ0v) is 13.7. The maximum absolute atomic E-state index is 12.5. The highest BCUT2D eigenvalue weighted by Crippen LogP contribution is 2.42. The maximum Gasteiger partial charge on any atom is 0.337 e. The quantitative estimate of drug-likeness (QED) is 0.471. The number of aromatic nitrogens is 1. The van der Waals surface area contributed by atoms with E-state index in [0.717, 1.165) is 4.73 Å². The Bertz CT molecular complexity index is 781. The highest BCUT2D eigenvalue weighted by atomic mass is 16.5. The number of aliphatic imine (C=N–C) groups is 1. The molecule has 2 atom stereocenters. The summed E-state index contributed by atoms with van der Waals surface area (Å²) < 4.78 is 11.0. The van der Waals surface area contributed by atoms with Crippen LogP contribution in [0.15, 0.2) is 34.6 Å². The average molecular weight is 330 g/mol. The van der Waals surface area contributed by atoms with Gasteiger partial charge in [-0.3, -0.25) is 9.79 Å². The third-order valence-corrected chi connectivity index (χ3v) is 4.40. The second kappa shape index (κ2) is 6.07. The van der Waals surface area contributed by atoms with Crippen LogP contribution in [0.1, 0.15) is 31.0 Å². The van der Waals surface area contributed by atoms with Crippen molar-refractivity contribution in [2.75, 3.05) is 13.2 Å². The zero-order chi connectivity index (χ0) is 17.4. The Kier molecular flexibility index (Phi) is 4.09. The molecule has 1 aromatic heterocycles. The van der Waals surface area contributed by atoms with E-state index in [1.807, 2.05) is 0 Å². The molecular formula is C17H18N2O5. The van der Waals surface area contributed by atoms with Crippen molar-refractivity contribution in [3.63, 3.8) is 0 Å². The van der Waals surface area contributed by atoms with E-state index in [0.29, 0.717) is 28.2 Å². The smallest absolute Gasteiger partial charge is 0.337 e. The van der Waals surface area contributed by atoms with Crippen LogP contribution in [-0.2, 0) is 19.1 Å². The number of pyridine rings is 1. The standard InChI is InChI=1S/C17H18N2O5/c1-4-23-16(20)13-9(2)18-12-8-24-17(21)15(12)14(13)11-6-5-7-19(22)10(11)3/h5-7,13-14H,4,8H2,1-3H3. The fraction of sp³-hybridized carbons (Fsp3) is 0.412. The first kappa shape index (κ1) is 16.2. The number of hydrogen-bond donors (Lipinski definition) is 0. The van der Waals surface area contributed by atoms with E-state index in [4.69, 9.17) is 9.47 Å². The van der Waals surface area contributed by atoms with Crippen LogP contribution in [0.3, 0.4) is 0 Å². The van der Waals surface area contributed by atoms with Gasteiger partial charge in [0.2, 0.25) is 0 Å². The minimum absolute atomic E-state index is 0.0841. The van der Waals surface area contributed by atoms with Crippen LogP contribution >= 0.6 is 0 Å². The molecule has 2 aliphatic rings.